The second-order valence-corrected chi connectivity index (χ2v) is 5.20. The van der Waals surface area contributed by atoms with Crippen molar-refractivity contribution < 1.29 is 9.13 Å². The molecule has 94 valence electrons. The molecule has 0 heterocycles. The Morgan fingerprint density at radius 1 is 1.22 bits per heavy atom. The van der Waals surface area contributed by atoms with Gasteiger partial charge in [0.1, 0.15) is 18.2 Å². The van der Waals surface area contributed by atoms with E-state index in [0.29, 0.717) is 11.6 Å². The summed E-state index contributed by atoms with van der Waals surface area (Å²) in [4.78, 5) is 0. The molecule has 0 spiro atoms. The van der Waals surface area contributed by atoms with E-state index in [2.05, 4.69) is 15.9 Å². The Balaban J connectivity index is 2.09. The third kappa shape index (κ3) is 3.24. The molecule has 18 heavy (non-hydrogen) atoms. The molecule has 4 heteroatoms. The average molecular weight is 330 g/mol. The molecule has 0 saturated carbocycles. The van der Waals surface area contributed by atoms with Gasteiger partial charge in [0.25, 0.3) is 0 Å². The minimum Gasteiger partial charge on any atom is -0.489 e. The lowest BCUT2D eigenvalue weighted by Gasteiger charge is -2.09. The second-order valence-electron chi connectivity index (χ2n) is 3.94. The predicted octanol–water partition coefficient (Wildman–Crippen LogP) is 5.13. The van der Waals surface area contributed by atoms with Gasteiger partial charge in [-0.25, -0.2) is 4.39 Å². The first-order chi connectivity index (χ1) is 8.56. The van der Waals surface area contributed by atoms with Crippen molar-refractivity contribution in [1.29, 1.82) is 0 Å². The van der Waals surface area contributed by atoms with Gasteiger partial charge in [-0.2, -0.15) is 0 Å². The van der Waals surface area contributed by atoms with Crippen LogP contribution in [0.15, 0.2) is 40.9 Å². The van der Waals surface area contributed by atoms with Gasteiger partial charge in [-0.3, -0.25) is 0 Å². The van der Waals surface area contributed by atoms with E-state index in [1.807, 2.05) is 25.1 Å². The first-order valence-corrected chi connectivity index (χ1v) is 6.56. The first-order valence-electron chi connectivity index (χ1n) is 5.39. The maximum Gasteiger partial charge on any atom is 0.124 e. The van der Waals surface area contributed by atoms with Crippen molar-refractivity contribution in [2.75, 3.05) is 0 Å². The maximum atomic E-state index is 12.9. The summed E-state index contributed by atoms with van der Waals surface area (Å²) in [6.45, 7) is 2.31. The third-order valence-corrected chi connectivity index (χ3v) is 3.78. The molecule has 0 fully saturated rings. The number of aryl methyl sites for hydroxylation is 1. The Morgan fingerprint density at radius 2 is 2.00 bits per heavy atom. The number of halogens is 3. The molecule has 0 N–H and O–H groups in total. The van der Waals surface area contributed by atoms with Crippen LogP contribution in [0.5, 0.6) is 5.75 Å². The molecule has 2 aromatic rings. The molecule has 0 amide bonds. The molecule has 1 nitrogen and oxygen atoms in total. The smallest absolute Gasteiger partial charge is 0.124 e. The normalized spacial score (nSPS) is 10.4. The standard InChI is InChI=1S/C14H11BrClFO/c1-9-6-12(4-5-13(9)15)18-8-10-2-3-11(17)7-14(10)16/h2-7H,8H2,1H3. The lowest BCUT2D eigenvalue weighted by Crippen LogP contribution is -1.97. The van der Waals surface area contributed by atoms with Gasteiger partial charge in [0, 0.05) is 10.0 Å². The van der Waals surface area contributed by atoms with Gasteiger partial charge in [-0.1, -0.05) is 33.6 Å². The van der Waals surface area contributed by atoms with Crippen molar-refractivity contribution in [2.45, 2.75) is 13.5 Å². The van der Waals surface area contributed by atoms with Crippen LogP contribution in [-0.4, -0.2) is 0 Å². The molecule has 0 saturated heterocycles. The molecule has 2 rings (SSSR count). The molecule has 0 aliphatic heterocycles. The number of benzene rings is 2. The number of ether oxygens (including phenoxy) is 1. The molecule has 0 radical (unpaired) electrons. The van der Waals surface area contributed by atoms with Gasteiger partial charge in [-0.15, -0.1) is 0 Å². The van der Waals surface area contributed by atoms with Crippen molar-refractivity contribution in [3.05, 3.63) is 62.8 Å². The quantitative estimate of drug-likeness (QED) is 0.758. The molecular weight excluding hydrogens is 319 g/mol. The van der Waals surface area contributed by atoms with Crippen molar-refractivity contribution in [3.63, 3.8) is 0 Å². The molecule has 2 aromatic carbocycles. The van der Waals surface area contributed by atoms with E-state index in [1.54, 1.807) is 6.07 Å². The monoisotopic (exact) mass is 328 g/mol. The Bertz CT molecular complexity index is 572. The van der Waals surface area contributed by atoms with Crippen molar-refractivity contribution in [3.8, 4) is 5.75 Å². The van der Waals surface area contributed by atoms with Gasteiger partial charge in [-0.05, 0) is 42.8 Å². The Morgan fingerprint density at radius 3 is 2.67 bits per heavy atom. The summed E-state index contributed by atoms with van der Waals surface area (Å²) in [5.74, 6) is 0.416. The average Bonchev–Trinajstić information content (AvgIpc) is 2.32. The summed E-state index contributed by atoms with van der Waals surface area (Å²) in [5.41, 5.74) is 1.86. The van der Waals surface area contributed by atoms with Gasteiger partial charge >= 0.3 is 0 Å². The van der Waals surface area contributed by atoms with Crippen LogP contribution in [0.3, 0.4) is 0 Å². The van der Waals surface area contributed by atoms with E-state index < -0.39 is 0 Å². The fraction of sp³-hybridized carbons (Fsp3) is 0.143. The fourth-order valence-corrected chi connectivity index (χ4v) is 1.98. The summed E-state index contributed by atoms with van der Waals surface area (Å²) >= 11 is 9.35. The summed E-state index contributed by atoms with van der Waals surface area (Å²) in [7, 11) is 0. The number of rotatable bonds is 3. The van der Waals surface area contributed by atoms with E-state index >= 15 is 0 Å². The van der Waals surface area contributed by atoms with Crippen molar-refractivity contribution >= 4 is 27.5 Å². The summed E-state index contributed by atoms with van der Waals surface area (Å²) in [6, 6.07) is 10.0. The van der Waals surface area contributed by atoms with Crippen LogP contribution in [0, 0.1) is 12.7 Å². The van der Waals surface area contributed by atoms with Crippen LogP contribution in [0.2, 0.25) is 5.02 Å². The zero-order valence-electron chi connectivity index (χ0n) is 9.71. The van der Waals surface area contributed by atoms with Crippen LogP contribution in [0.1, 0.15) is 11.1 Å². The third-order valence-electron chi connectivity index (χ3n) is 2.54. The molecule has 0 unspecified atom stereocenters. The summed E-state index contributed by atoms with van der Waals surface area (Å²) < 4.78 is 19.5. The number of hydrogen-bond acceptors (Lipinski definition) is 1. The zero-order valence-corrected chi connectivity index (χ0v) is 12.1. The molecule has 0 aliphatic rings. The summed E-state index contributed by atoms with van der Waals surface area (Å²) in [5, 5.41) is 0.379. The lowest BCUT2D eigenvalue weighted by molar-refractivity contribution is 0.306. The van der Waals surface area contributed by atoms with Crippen LogP contribution < -0.4 is 4.74 Å². The predicted molar refractivity (Wildman–Crippen MR) is 74.6 cm³/mol. The summed E-state index contributed by atoms with van der Waals surface area (Å²) in [6.07, 6.45) is 0. The van der Waals surface area contributed by atoms with Crippen molar-refractivity contribution in [2.24, 2.45) is 0 Å². The van der Waals surface area contributed by atoms with Crippen LogP contribution >= 0.6 is 27.5 Å². The molecule has 0 aromatic heterocycles. The molecule has 0 aliphatic carbocycles. The van der Waals surface area contributed by atoms with Crippen molar-refractivity contribution in [1.82, 2.24) is 0 Å². The Hall–Kier alpha value is -1.06. The minimum absolute atomic E-state index is 0.320. The van der Waals surface area contributed by atoms with Crippen LogP contribution in [0.4, 0.5) is 4.39 Å². The van der Waals surface area contributed by atoms with Gasteiger partial charge in [0.15, 0.2) is 0 Å². The first kappa shape index (κ1) is 13.4. The minimum atomic E-state index is -0.344. The van der Waals surface area contributed by atoms with Crippen LogP contribution in [0.25, 0.3) is 0 Å². The van der Waals surface area contributed by atoms with Gasteiger partial charge < -0.3 is 4.74 Å². The van der Waals surface area contributed by atoms with E-state index in [1.165, 1.54) is 12.1 Å². The Kier molecular flexibility index (Phi) is 4.25. The number of hydrogen-bond donors (Lipinski definition) is 0. The van der Waals surface area contributed by atoms with E-state index in [4.69, 9.17) is 16.3 Å². The fourth-order valence-electron chi connectivity index (χ4n) is 1.51. The van der Waals surface area contributed by atoms with Gasteiger partial charge in [0.2, 0.25) is 0 Å². The second kappa shape index (κ2) is 5.72. The highest BCUT2D eigenvalue weighted by Gasteiger charge is 2.04. The van der Waals surface area contributed by atoms with Crippen LogP contribution in [-0.2, 0) is 6.61 Å². The zero-order chi connectivity index (χ0) is 13.1. The molecule has 0 bridgehead atoms. The highest BCUT2D eigenvalue weighted by Crippen LogP contribution is 2.24. The van der Waals surface area contributed by atoms with E-state index in [-0.39, 0.29) is 5.82 Å². The van der Waals surface area contributed by atoms with E-state index in [0.717, 1.165) is 21.3 Å². The molecular formula is C14H11BrClFO. The SMILES string of the molecule is Cc1cc(OCc2ccc(F)cc2Cl)ccc1Br. The Labute approximate surface area is 119 Å². The highest BCUT2D eigenvalue weighted by atomic mass is 79.9. The largest absolute Gasteiger partial charge is 0.489 e. The van der Waals surface area contributed by atoms with Gasteiger partial charge in [0.05, 0.1) is 5.02 Å². The highest BCUT2D eigenvalue weighted by molar-refractivity contribution is 9.10. The van der Waals surface area contributed by atoms with E-state index in [9.17, 15) is 4.39 Å². The lowest BCUT2D eigenvalue weighted by atomic mass is 10.2. The maximum absolute atomic E-state index is 12.9. The topological polar surface area (TPSA) is 9.23 Å². The molecule has 0 atom stereocenters.